The van der Waals surface area contributed by atoms with Crippen molar-refractivity contribution in [3.05, 3.63) is 79.4 Å². The lowest BCUT2D eigenvalue weighted by Gasteiger charge is -2.13. The van der Waals surface area contributed by atoms with E-state index in [9.17, 15) is 14.7 Å². The highest BCUT2D eigenvalue weighted by molar-refractivity contribution is 7.98. The third-order valence-electron chi connectivity index (χ3n) is 4.83. The Bertz CT molecular complexity index is 1360. The van der Waals surface area contributed by atoms with Crippen LogP contribution in [0.2, 0.25) is 5.02 Å². The van der Waals surface area contributed by atoms with Crippen molar-refractivity contribution in [1.82, 2.24) is 9.55 Å². The number of aryl methyl sites for hydroxylation is 1. The van der Waals surface area contributed by atoms with Gasteiger partial charge in [0.25, 0.3) is 5.56 Å². The van der Waals surface area contributed by atoms with Gasteiger partial charge in [0.05, 0.1) is 10.9 Å². The molecule has 0 aliphatic heterocycles. The second-order valence-electron chi connectivity index (χ2n) is 6.92. The summed E-state index contributed by atoms with van der Waals surface area (Å²) in [4.78, 5) is 29.7. The molecule has 0 saturated heterocycles. The summed E-state index contributed by atoms with van der Waals surface area (Å²) in [5, 5.41) is 11.6. The van der Waals surface area contributed by atoms with Crippen LogP contribution < -0.4 is 11.2 Å². The first-order valence-electron chi connectivity index (χ1n) is 9.44. The highest BCUT2D eigenvalue weighted by Crippen LogP contribution is 2.29. The van der Waals surface area contributed by atoms with Crippen molar-refractivity contribution in [3.63, 3.8) is 0 Å². The molecule has 4 rings (SSSR count). The number of hydrogen-bond acceptors (Lipinski definition) is 6. The van der Waals surface area contributed by atoms with Crippen LogP contribution in [0.5, 0.6) is 0 Å². The number of fused-ring (bicyclic) bond motifs is 2. The van der Waals surface area contributed by atoms with Crippen LogP contribution in [0.1, 0.15) is 17.5 Å². The molecule has 1 N–H and O–H groups in total. The largest absolute Gasteiger partial charge is 0.423 e. The molecular weight excluding hydrogens is 424 g/mol. The number of aliphatic hydroxyl groups is 1. The summed E-state index contributed by atoms with van der Waals surface area (Å²) < 4.78 is 6.90. The van der Waals surface area contributed by atoms with Gasteiger partial charge in [-0.05, 0) is 48.7 Å². The molecule has 0 spiro atoms. The van der Waals surface area contributed by atoms with E-state index in [1.807, 2.05) is 13.0 Å². The Hall–Kier alpha value is -2.61. The van der Waals surface area contributed by atoms with Crippen LogP contribution in [-0.4, -0.2) is 21.3 Å². The summed E-state index contributed by atoms with van der Waals surface area (Å²) in [6, 6.07) is 12.2. The monoisotopic (exact) mass is 442 g/mol. The minimum Gasteiger partial charge on any atom is -0.423 e. The van der Waals surface area contributed by atoms with Gasteiger partial charge in [-0.1, -0.05) is 35.5 Å². The topological polar surface area (TPSA) is 85.3 Å². The number of thioether (sulfide) groups is 1. The minimum atomic E-state index is -0.441. The molecule has 0 aliphatic carbocycles. The Morgan fingerprint density at radius 1 is 1.17 bits per heavy atom. The van der Waals surface area contributed by atoms with Gasteiger partial charge in [-0.25, -0.2) is 9.78 Å². The van der Waals surface area contributed by atoms with Crippen molar-refractivity contribution in [2.75, 3.05) is 6.61 Å². The molecule has 2 heterocycles. The first-order valence-corrected chi connectivity index (χ1v) is 10.8. The first kappa shape index (κ1) is 20.7. The predicted molar refractivity (Wildman–Crippen MR) is 119 cm³/mol. The van der Waals surface area contributed by atoms with Crippen LogP contribution in [0.3, 0.4) is 0 Å². The van der Waals surface area contributed by atoms with E-state index in [1.54, 1.807) is 34.9 Å². The quantitative estimate of drug-likeness (QED) is 0.274. The second-order valence-corrected chi connectivity index (χ2v) is 8.27. The standard InChI is InChI=1S/C22H19ClN2O4S/c1-13-9-19-16(11-17(13)23)14(10-20(27)29-19)12-30-22-24-18-6-3-2-5-15(18)21(28)25(22)7-4-8-26/h2-3,5-6,9-11,26H,4,7-8,12H2,1H3. The molecule has 6 nitrogen and oxygen atoms in total. The fourth-order valence-electron chi connectivity index (χ4n) is 3.29. The van der Waals surface area contributed by atoms with Gasteiger partial charge in [-0.2, -0.15) is 0 Å². The van der Waals surface area contributed by atoms with Crippen LogP contribution in [0.25, 0.3) is 21.9 Å². The van der Waals surface area contributed by atoms with E-state index in [4.69, 9.17) is 16.0 Å². The van der Waals surface area contributed by atoms with Gasteiger partial charge in [0, 0.05) is 35.4 Å². The van der Waals surface area contributed by atoms with Gasteiger partial charge in [0.15, 0.2) is 5.16 Å². The van der Waals surface area contributed by atoms with Gasteiger partial charge < -0.3 is 9.52 Å². The van der Waals surface area contributed by atoms with Gasteiger partial charge in [0.1, 0.15) is 5.58 Å². The summed E-state index contributed by atoms with van der Waals surface area (Å²) >= 11 is 7.64. The Labute approximate surface area is 181 Å². The zero-order chi connectivity index (χ0) is 21.3. The maximum absolute atomic E-state index is 13.0. The van der Waals surface area contributed by atoms with Crippen molar-refractivity contribution in [1.29, 1.82) is 0 Å². The fourth-order valence-corrected chi connectivity index (χ4v) is 4.47. The van der Waals surface area contributed by atoms with Crippen LogP contribution in [0.4, 0.5) is 0 Å². The lowest BCUT2D eigenvalue weighted by Crippen LogP contribution is -2.24. The summed E-state index contributed by atoms with van der Waals surface area (Å²) in [6.45, 7) is 2.19. The highest BCUT2D eigenvalue weighted by Gasteiger charge is 2.14. The molecule has 0 amide bonds. The van der Waals surface area contributed by atoms with E-state index in [0.717, 1.165) is 16.5 Å². The van der Waals surface area contributed by atoms with Crippen LogP contribution in [0.15, 0.2) is 61.6 Å². The lowest BCUT2D eigenvalue weighted by atomic mass is 10.1. The Morgan fingerprint density at radius 2 is 1.97 bits per heavy atom. The average molecular weight is 443 g/mol. The van der Waals surface area contributed by atoms with Gasteiger partial charge in [-0.15, -0.1) is 0 Å². The van der Waals surface area contributed by atoms with Crippen LogP contribution in [0, 0.1) is 6.92 Å². The Morgan fingerprint density at radius 3 is 2.77 bits per heavy atom. The summed E-state index contributed by atoms with van der Waals surface area (Å²) in [5.41, 5.74) is 2.08. The van der Waals surface area contributed by atoms with E-state index in [-0.39, 0.29) is 12.2 Å². The molecule has 0 bridgehead atoms. The van der Waals surface area contributed by atoms with Gasteiger partial charge >= 0.3 is 5.63 Å². The summed E-state index contributed by atoms with van der Waals surface area (Å²) in [6.07, 6.45) is 0.445. The number of halogens is 1. The number of benzene rings is 2. The minimum absolute atomic E-state index is 0.0222. The van der Waals surface area contributed by atoms with E-state index in [0.29, 0.717) is 45.4 Å². The maximum Gasteiger partial charge on any atom is 0.336 e. The molecular formula is C22H19ClN2O4S. The van der Waals surface area contributed by atoms with Crippen LogP contribution >= 0.6 is 23.4 Å². The van der Waals surface area contributed by atoms with E-state index in [1.165, 1.54) is 17.8 Å². The first-order chi connectivity index (χ1) is 14.5. The van der Waals surface area contributed by atoms with E-state index < -0.39 is 5.63 Å². The normalized spacial score (nSPS) is 11.4. The van der Waals surface area contributed by atoms with Crippen molar-refractivity contribution < 1.29 is 9.52 Å². The van der Waals surface area contributed by atoms with E-state index in [2.05, 4.69) is 4.98 Å². The zero-order valence-corrected chi connectivity index (χ0v) is 17.8. The lowest BCUT2D eigenvalue weighted by molar-refractivity contribution is 0.276. The molecule has 30 heavy (non-hydrogen) atoms. The molecule has 154 valence electrons. The van der Waals surface area contributed by atoms with Gasteiger partial charge in [-0.3, -0.25) is 9.36 Å². The molecule has 0 fully saturated rings. The maximum atomic E-state index is 13.0. The predicted octanol–water partition coefficient (Wildman–Crippen LogP) is 4.14. The molecule has 0 radical (unpaired) electrons. The number of nitrogens with zero attached hydrogens (tertiary/aromatic N) is 2. The molecule has 0 unspecified atom stereocenters. The number of aliphatic hydroxyl groups excluding tert-OH is 1. The van der Waals surface area contributed by atoms with Crippen molar-refractivity contribution >= 4 is 45.2 Å². The third kappa shape index (κ3) is 4.01. The molecule has 0 atom stereocenters. The smallest absolute Gasteiger partial charge is 0.336 e. The second kappa shape index (κ2) is 8.63. The Balaban J connectivity index is 1.77. The Kier molecular flexibility index (Phi) is 5.94. The zero-order valence-electron chi connectivity index (χ0n) is 16.2. The fraction of sp³-hybridized carbons (Fsp3) is 0.227. The molecule has 0 saturated carbocycles. The molecule has 4 aromatic rings. The summed E-state index contributed by atoms with van der Waals surface area (Å²) in [5.74, 6) is 0.408. The van der Waals surface area contributed by atoms with Gasteiger partial charge in [0.2, 0.25) is 0 Å². The number of rotatable bonds is 6. The molecule has 2 aromatic carbocycles. The third-order valence-corrected chi connectivity index (χ3v) is 6.27. The number of hydrogen-bond donors (Lipinski definition) is 1. The number of aromatic nitrogens is 2. The van der Waals surface area contributed by atoms with E-state index >= 15 is 0 Å². The van der Waals surface area contributed by atoms with Crippen molar-refractivity contribution in [3.8, 4) is 0 Å². The molecule has 2 aromatic heterocycles. The summed E-state index contributed by atoms with van der Waals surface area (Å²) in [7, 11) is 0. The SMILES string of the molecule is Cc1cc2oc(=O)cc(CSc3nc4ccccc4c(=O)n3CCCO)c2cc1Cl. The highest BCUT2D eigenvalue weighted by atomic mass is 35.5. The average Bonchev–Trinajstić information content (AvgIpc) is 2.73. The van der Waals surface area contributed by atoms with Crippen molar-refractivity contribution in [2.45, 2.75) is 30.8 Å². The van der Waals surface area contributed by atoms with Crippen LogP contribution in [-0.2, 0) is 12.3 Å². The molecule has 8 heteroatoms. The van der Waals surface area contributed by atoms with Crippen molar-refractivity contribution in [2.24, 2.45) is 0 Å². The molecule has 0 aliphatic rings. The number of para-hydroxylation sites is 1.